The van der Waals surface area contributed by atoms with Crippen molar-refractivity contribution in [3.63, 3.8) is 0 Å². The molecule has 0 saturated carbocycles. The Hall–Kier alpha value is -1.73. The Balaban J connectivity index is 1.50. The number of hydrogen-bond acceptors (Lipinski definition) is 6. The van der Waals surface area contributed by atoms with Gasteiger partial charge in [0.1, 0.15) is 12.1 Å². The molecule has 27 heavy (non-hydrogen) atoms. The van der Waals surface area contributed by atoms with Crippen LogP contribution in [0.3, 0.4) is 0 Å². The summed E-state index contributed by atoms with van der Waals surface area (Å²) in [6.45, 7) is 3.97. The largest absolute Gasteiger partial charge is 0.381 e. The van der Waals surface area contributed by atoms with Crippen molar-refractivity contribution in [2.75, 3.05) is 37.8 Å². The van der Waals surface area contributed by atoms with Crippen LogP contribution < -0.4 is 4.90 Å². The molecule has 0 radical (unpaired) electrons. The van der Waals surface area contributed by atoms with Gasteiger partial charge in [0.2, 0.25) is 0 Å². The predicted molar refractivity (Wildman–Crippen MR) is 109 cm³/mol. The molecule has 0 N–H and O–H groups in total. The topological polar surface area (TPSA) is 47.5 Å². The molecule has 2 aliphatic rings. The first-order valence-corrected chi connectivity index (χ1v) is 10.4. The minimum atomic E-state index is -0.107. The van der Waals surface area contributed by atoms with Crippen molar-refractivity contribution >= 4 is 39.0 Å². The summed E-state index contributed by atoms with van der Waals surface area (Å²) < 4.78 is 12.9. The van der Waals surface area contributed by atoms with Crippen LogP contribution in [0.15, 0.2) is 36.7 Å². The zero-order valence-corrected chi connectivity index (χ0v) is 16.4. The van der Waals surface area contributed by atoms with Crippen molar-refractivity contribution in [1.29, 1.82) is 0 Å². The summed E-state index contributed by atoms with van der Waals surface area (Å²) >= 11 is 7.77. The maximum atomic E-state index is 6.18. The minimum Gasteiger partial charge on any atom is -0.381 e. The average molecular weight is 402 g/mol. The highest BCUT2D eigenvalue weighted by molar-refractivity contribution is 7.22. The zero-order valence-electron chi connectivity index (χ0n) is 14.9. The number of hydrogen-bond donors (Lipinski definition) is 0. The molecule has 2 fully saturated rings. The van der Waals surface area contributed by atoms with Crippen molar-refractivity contribution in [2.24, 2.45) is 0 Å². The SMILES string of the molecule is Clc1ccc(-c2cc3ncnc(N4CCOC5(CCOCC5)C4)c3s2)cc1. The standard InChI is InChI=1S/C20H20ClN3O2S/c21-15-3-1-14(2-4-15)17-11-16-18(27-17)19(23-13-22-16)24-7-10-26-20(12-24)5-8-25-9-6-20/h1-4,11,13H,5-10,12H2. The number of thiophene rings is 1. The summed E-state index contributed by atoms with van der Waals surface area (Å²) in [6, 6.07) is 10.1. The molecule has 140 valence electrons. The van der Waals surface area contributed by atoms with E-state index < -0.39 is 0 Å². The van der Waals surface area contributed by atoms with E-state index in [1.54, 1.807) is 17.7 Å². The van der Waals surface area contributed by atoms with Crippen LogP contribution in [0.4, 0.5) is 5.82 Å². The fourth-order valence-electron chi connectivity index (χ4n) is 3.90. The lowest BCUT2D eigenvalue weighted by Crippen LogP contribution is -2.54. The van der Waals surface area contributed by atoms with Gasteiger partial charge in [-0.05, 0) is 23.8 Å². The lowest BCUT2D eigenvalue weighted by molar-refractivity contribution is -0.116. The Bertz CT molecular complexity index is 948. The maximum absolute atomic E-state index is 6.18. The van der Waals surface area contributed by atoms with Gasteiger partial charge in [-0.3, -0.25) is 0 Å². The van der Waals surface area contributed by atoms with Gasteiger partial charge in [0, 0.05) is 49.0 Å². The predicted octanol–water partition coefficient (Wildman–Crippen LogP) is 4.40. The highest BCUT2D eigenvalue weighted by atomic mass is 35.5. The second kappa shape index (κ2) is 7.02. The monoisotopic (exact) mass is 401 g/mol. The van der Waals surface area contributed by atoms with Gasteiger partial charge in [0.15, 0.2) is 0 Å². The van der Waals surface area contributed by atoms with Gasteiger partial charge < -0.3 is 14.4 Å². The van der Waals surface area contributed by atoms with E-state index in [-0.39, 0.29) is 5.60 Å². The van der Waals surface area contributed by atoms with E-state index in [0.29, 0.717) is 0 Å². The molecule has 0 unspecified atom stereocenters. The average Bonchev–Trinajstić information content (AvgIpc) is 3.13. The van der Waals surface area contributed by atoms with Crippen molar-refractivity contribution in [1.82, 2.24) is 9.97 Å². The fraction of sp³-hybridized carbons (Fsp3) is 0.400. The molecule has 2 saturated heterocycles. The molecule has 2 aromatic heterocycles. The molecule has 3 aromatic rings. The number of nitrogens with zero attached hydrogens (tertiary/aromatic N) is 3. The third kappa shape index (κ3) is 3.31. The summed E-state index contributed by atoms with van der Waals surface area (Å²) in [7, 11) is 0. The molecule has 1 spiro atoms. The van der Waals surface area contributed by atoms with Crippen LogP contribution in [0.1, 0.15) is 12.8 Å². The Morgan fingerprint density at radius 3 is 2.70 bits per heavy atom. The third-order valence-electron chi connectivity index (χ3n) is 5.37. The normalized spacial score (nSPS) is 19.7. The molecule has 1 aromatic carbocycles. The number of rotatable bonds is 2. The van der Waals surface area contributed by atoms with Gasteiger partial charge in [0.25, 0.3) is 0 Å². The lowest BCUT2D eigenvalue weighted by atomic mass is 9.92. The first kappa shape index (κ1) is 17.4. The van der Waals surface area contributed by atoms with Gasteiger partial charge in [-0.15, -0.1) is 11.3 Å². The van der Waals surface area contributed by atoms with Crippen LogP contribution in [0, 0.1) is 0 Å². The molecule has 0 amide bonds. The van der Waals surface area contributed by atoms with E-state index in [9.17, 15) is 0 Å². The third-order valence-corrected chi connectivity index (χ3v) is 6.79. The number of morpholine rings is 1. The first-order valence-electron chi connectivity index (χ1n) is 9.20. The van der Waals surface area contributed by atoms with Gasteiger partial charge in [-0.2, -0.15) is 0 Å². The number of fused-ring (bicyclic) bond motifs is 1. The van der Waals surface area contributed by atoms with Crippen LogP contribution in [-0.2, 0) is 9.47 Å². The molecule has 0 atom stereocenters. The summed E-state index contributed by atoms with van der Waals surface area (Å²) in [5.41, 5.74) is 2.03. The second-order valence-electron chi connectivity index (χ2n) is 7.09. The molecule has 2 aliphatic heterocycles. The number of aromatic nitrogens is 2. The van der Waals surface area contributed by atoms with Crippen molar-refractivity contribution in [3.8, 4) is 10.4 Å². The second-order valence-corrected chi connectivity index (χ2v) is 8.58. The fourth-order valence-corrected chi connectivity index (χ4v) is 5.15. The molecule has 5 nitrogen and oxygen atoms in total. The van der Waals surface area contributed by atoms with Crippen LogP contribution >= 0.6 is 22.9 Å². The van der Waals surface area contributed by atoms with E-state index in [1.165, 1.54) is 4.88 Å². The van der Waals surface area contributed by atoms with E-state index in [4.69, 9.17) is 21.1 Å². The molecule has 0 aliphatic carbocycles. The molecule has 0 bridgehead atoms. The summed E-state index contributed by atoms with van der Waals surface area (Å²) in [4.78, 5) is 12.7. The summed E-state index contributed by atoms with van der Waals surface area (Å²) in [5, 5.41) is 0.746. The number of benzene rings is 1. The number of anilines is 1. The van der Waals surface area contributed by atoms with Gasteiger partial charge in [-0.25, -0.2) is 9.97 Å². The number of ether oxygens (including phenoxy) is 2. The molecular weight excluding hydrogens is 382 g/mol. The van der Waals surface area contributed by atoms with Crippen molar-refractivity contribution in [3.05, 3.63) is 41.7 Å². The Labute approximate surface area is 166 Å². The van der Waals surface area contributed by atoms with Gasteiger partial charge in [-0.1, -0.05) is 23.7 Å². The molecule has 7 heteroatoms. The lowest BCUT2D eigenvalue weighted by Gasteiger charge is -2.45. The summed E-state index contributed by atoms with van der Waals surface area (Å²) in [5.74, 6) is 1.01. The highest BCUT2D eigenvalue weighted by Crippen LogP contribution is 2.39. The van der Waals surface area contributed by atoms with Crippen LogP contribution in [0.5, 0.6) is 0 Å². The minimum absolute atomic E-state index is 0.107. The Morgan fingerprint density at radius 1 is 1.07 bits per heavy atom. The van der Waals surface area contributed by atoms with E-state index >= 15 is 0 Å². The molecule has 4 heterocycles. The zero-order chi connectivity index (χ0) is 18.3. The van der Waals surface area contributed by atoms with E-state index in [2.05, 4.69) is 20.9 Å². The van der Waals surface area contributed by atoms with Crippen molar-refractivity contribution < 1.29 is 9.47 Å². The van der Waals surface area contributed by atoms with Crippen molar-refractivity contribution in [2.45, 2.75) is 18.4 Å². The Kier molecular flexibility index (Phi) is 4.52. The van der Waals surface area contributed by atoms with Gasteiger partial charge >= 0.3 is 0 Å². The van der Waals surface area contributed by atoms with Crippen LogP contribution in [0.25, 0.3) is 20.7 Å². The highest BCUT2D eigenvalue weighted by Gasteiger charge is 2.39. The molecule has 5 rings (SSSR count). The first-order chi connectivity index (χ1) is 13.2. The van der Waals surface area contributed by atoms with E-state index in [1.807, 2.05) is 24.3 Å². The summed E-state index contributed by atoms with van der Waals surface area (Å²) in [6.07, 6.45) is 3.55. The van der Waals surface area contributed by atoms with Gasteiger partial charge in [0.05, 0.1) is 22.4 Å². The maximum Gasteiger partial charge on any atom is 0.150 e. The van der Waals surface area contributed by atoms with Crippen LogP contribution in [0.2, 0.25) is 5.02 Å². The van der Waals surface area contributed by atoms with Crippen LogP contribution in [-0.4, -0.2) is 48.5 Å². The Morgan fingerprint density at radius 2 is 1.89 bits per heavy atom. The quantitative estimate of drug-likeness (QED) is 0.637. The van der Waals surface area contributed by atoms with E-state index in [0.717, 1.165) is 72.4 Å². The smallest absolute Gasteiger partial charge is 0.150 e. The number of halogens is 1. The molecular formula is C20H20ClN3O2S.